The van der Waals surface area contributed by atoms with E-state index in [2.05, 4.69) is 33.8 Å². The SMILES string of the molecule is CC1(C)CCC(C#N)CC1.CC1(C)CCC(C(=O)O)CC1.O.[K+].[OH-]. The number of carboxylic acids is 1. The van der Waals surface area contributed by atoms with Gasteiger partial charge in [0.1, 0.15) is 0 Å². The van der Waals surface area contributed by atoms with E-state index >= 15 is 0 Å². The van der Waals surface area contributed by atoms with E-state index in [1.807, 2.05) is 0 Å². The summed E-state index contributed by atoms with van der Waals surface area (Å²) in [6.07, 6.45) is 8.53. The molecule has 2 fully saturated rings. The Morgan fingerprint density at radius 1 is 0.958 bits per heavy atom. The van der Waals surface area contributed by atoms with Crippen LogP contribution in [0.5, 0.6) is 0 Å². The molecule has 0 spiro atoms. The van der Waals surface area contributed by atoms with Crippen LogP contribution in [0, 0.1) is 34.0 Å². The minimum Gasteiger partial charge on any atom is -0.870 e. The second-order valence-electron chi connectivity index (χ2n) is 8.34. The maximum Gasteiger partial charge on any atom is 1.00 e. The number of aliphatic carboxylic acids is 1. The number of carboxylic acid groups (broad SMARTS) is 1. The number of nitrogens with zero attached hydrogens (tertiary/aromatic N) is 1. The van der Waals surface area contributed by atoms with Crippen LogP contribution in [0.25, 0.3) is 0 Å². The van der Waals surface area contributed by atoms with Gasteiger partial charge in [0, 0.05) is 5.92 Å². The van der Waals surface area contributed by atoms with Gasteiger partial charge in [-0.05, 0) is 62.2 Å². The van der Waals surface area contributed by atoms with Gasteiger partial charge in [-0.2, -0.15) is 5.26 Å². The Labute approximate surface area is 189 Å². The quantitative estimate of drug-likeness (QED) is 0.695. The van der Waals surface area contributed by atoms with Gasteiger partial charge in [-0.3, -0.25) is 4.79 Å². The van der Waals surface area contributed by atoms with Crippen molar-refractivity contribution in [3.63, 3.8) is 0 Å². The molecule has 2 saturated carbocycles. The topological polar surface area (TPSA) is 123 Å². The zero-order chi connectivity index (χ0) is 16.1. The summed E-state index contributed by atoms with van der Waals surface area (Å²) in [5.41, 5.74) is 0.888. The molecule has 0 radical (unpaired) electrons. The second kappa shape index (κ2) is 12.8. The molecule has 0 bridgehead atoms. The van der Waals surface area contributed by atoms with Gasteiger partial charge >= 0.3 is 57.4 Å². The number of carbonyl (C=O) groups is 1. The van der Waals surface area contributed by atoms with E-state index in [1.165, 1.54) is 12.8 Å². The van der Waals surface area contributed by atoms with Crippen molar-refractivity contribution in [2.75, 3.05) is 0 Å². The van der Waals surface area contributed by atoms with Crippen LogP contribution in [0.4, 0.5) is 0 Å². The molecule has 0 unspecified atom stereocenters. The molecule has 2 rings (SSSR count). The summed E-state index contributed by atoms with van der Waals surface area (Å²) in [7, 11) is 0. The number of nitriles is 1. The number of rotatable bonds is 1. The van der Waals surface area contributed by atoms with Crippen molar-refractivity contribution in [1.82, 2.24) is 0 Å². The van der Waals surface area contributed by atoms with E-state index < -0.39 is 5.97 Å². The summed E-state index contributed by atoms with van der Waals surface area (Å²) in [4.78, 5) is 10.6. The normalized spacial score (nSPS) is 22.1. The first-order valence-electron chi connectivity index (χ1n) is 8.28. The number of hydrogen-bond acceptors (Lipinski definition) is 3. The predicted molar refractivity (Wildman–Crippen MR) is 90.3 cm³/mol. The minimum atomic E-state index is -0.611. The standard InChI is InChI=1S/C9H15N.C9H16O2.K.2H2O/c1-9(2)5-3-8(7-10)4-6-9;1-9(2)5-3-7(4-6-9)8(10)11;;;/h8H,3-6H2,1-2H3;7H,3-6H2,1-2H3,(H,10,11);;2*1H2/q;;+1;;/p-1. The molecular weight excluding hydrogens is 333 g/mol. The molecule has 0 aromatic heterocycles. The summed E-state index contributed by atoms with van der Waals surface area (Å²) < 4.78 is 0. The van der Waals surface area contributed by atoms with Crippen LogP contribution in [-0.4, -0.2) is 22.0 Å². The van der Waals surface area contributed by atoms with E-state index in [-0.39, 0.29) is 68.3 Å². The molecule has 0 aromatic rings. The van der Waals surface area contributed by atoms with Crippen molar-refractivity contribution >= 4 is 5.97 Å². The van der Waals surface area contributed by atoms with Crippen molar-refractivity contribution in [3.8, 4) is 6.07 Å². The van der Waals surface area contributed by atoms with E-state index in [0.717, 1.165) is 38.5 Å². The first-order chi connectivity index (χ1) is 9.65. The fourth-order valence-corrected chi connectivity index (χ4v) is 3.17. The van der Waals surface area contributed by atoms with Crippen molar-refractivity contribution in [2.45, 2.75) is 79.1 Å². The summed E-state index contributed by atoms with van der Waals surface area (Å²) in [6, 6.07) is 2.34. The fourth-order valence-electron chi connectivity index (χ4n) is 3.17. The maximum atomic E-state index is 10.6. The Hall–Kier alpha value is 0.516. The molecule has 136 valence electrons. The first-order valence-corrected chi connectivity index (χ1v) is 8.28. The van der Waals surface area contributed by atoms with Crippen LogP contribution in [0.1, 0.15) is 79.1 Å². The average Bonchev–Trinajstić information content (AvgIpc) is 2.39. The van der Waals surface area contributed by atoms with Gasteiger partial charge in [0.2, 0.25) is 0 Å². The molecule has 2 aliphatic carbocycles. The molecule has 24 heavy (non-hydrogen) atoms. The van der Waals surface area contributed by atoms with E-state index in [0.29, 0.717) is 16.7 Å². The molecular formula is C18H34KNO4. The summed E-state index contributed by atoms with van der Waals surface area (Å²) >= 11 is 0. The molecule has 5 nitrogen and oxygen atoms in total. The first kappa shape index (κ1) is 29.3. The third-order valence-corrected chi connectivity index (χ3v) is 5.21. The summed E-state index contributed by atoms with van der Waals surface area (Å²) in [5, 5.41) is 17.3. The zero-order valence-corrected chi connectivity index (χ0v) is 19.2. The Morgan fingerprint density at radius 3 is 1.58 bits per heavy atom. The molecule has 0 amide bonds. The van der Waals surface area contributed by atoms with Gasteiger partial charge in [0.25, 0.3) is 0 Å². The van der Waals surface area contributed by atoms with Gasteiger partial charge in [-0.15, -0.1) is 0 Å². The molecule has 6 heteroatoms. The van der Waals surface area contributed by atoms with Crippen molar-refractivity contribution in [1.29, 1.82) is 5.26 Å². The van der Waals surface area contributed by atoms with E-state index in [9.17, 15) is 4.79 Å². The molecule has 0 atom stereocenters. The Kier molecular flexibility index (Phi) is 15.6. The maximum absolute atomic E-state index is 10.6. The molecule has 2 aliphatic rings. The Balaban J connectivity index is -0.000000328. The zero-order valence-electron chi connectivity index (χ0n) is 16.1. The van der Waals surface area contributed by atoms with E-state index in [1.54, 1.807) is 0 Å². The molecule has 0 saturated heterocycles. The van der Waals surface area contributed by atoms with Gasteiger partial charge in [0.15, 0.2) is 0 Å². The third-order valence-electron chi connectivity index (χ3n) is 5.21. The summed E-state index contributed by atoms with van der Waals surface area (Å²) in [5.74, 6) is -0.323. The average molecular weight is 368 g/mol. The van der Waals surface area contributed by atoms with Gasteiger partial charge in [-0.1, -0.05) is 27.7 Å². The van der Waals surface area contributed by atoms with E-state index in [4.69, 9.17) is 10.4 Å². The molecule has 0 aromatic carbocycles. The van der Waals surface area contributed by atoms with Crippen LogP contribution < -0.4 is 51.4 Å². The summed E-state index contributed by atoms with van der Waals surface area (Å²) in [6.45, 7) is 9.01. The second-order valence-corrected chi connectivity index (χ2v) is 8.34. The van der Waals surface area contributed by atoms with Crippen LogP contribution in [0.2, 0.25) is 0 Å². The van der Waals surface area contributed by atoms with Gasteiger partial charge < -0.3 is 16.1 Å². The van der Waals surface area contributed by atoms with Crippen molar-refractivity contribution in [2.24, 2.45) is 22.7 Å². The smallest absolute Gasteiger partial charge is 0.870 e. The van der Waals surface area contributed by atoms with Gasteiger partial charge in [0.05, 0.1) is 12.0 Å². The fraction of sp³-hybridized carbons (Fsp3) is 0.889. The predicted octanol–water partition coefficient (Wildman–Crippen LogP) is 1.02. The largest absolute Gasteiger partial charge is 1.00 e. The van der Waals surface area contributed by atoms with Crippen LogP contribution in [0.3, 0.4) is 0 Å². The molecule has 0 heterocycles. The monoisotopic (exact) mass is 367 g/mol. The van der Waals surface area contributed by atoms with Crippen molar-refractivity contribution in [3.05, 3.63) is 0 Å². The molecule has 0 aliphatic heterocycles. The Morgan fingerprint density at radius 2 is 1.29 bits per heavy atom. The number of hydrogen-bond donors (Lipinski definition) is 1. The van der Waals surface area contributed by atoms with Crippen molar-refractivity contribution < 1.29 is 72.2 Å². The van der Waals surface area contributed by atoms with Crippen LogP contribution >= 0.6 is 0 Å². The third kappa shape index (κ3) is 11.2. The van der Waals surface area contributed by atoms with Crippen LogP contribution in [0.15, 0.2) is 0 Å². The van der Waals surface area contributed by atoms with Gasteiger partial charge in [-0.25, -0.2) is 0 Å². The Bertz CT molecular complexity index is 384. The minimum absolute atomic E-state index is 0. The van der Waals surface area contributed by atoms with Crippen LogP contribution in [-0.2, 0) is 4.79 Å². The molecule has 4 N–H and O–H groups in total.